The third-order valence-corrected chi connectivity index (χ3v) is 3.50. The molecule has 3 nitrogen and oxygen atoms in total. The summed E-state index contributed by atoms with van der Waals surface area (Å²) in [5, 5.41) is 0. The van der Waals surface area contributed by atoms with Gasteiger partial charge in [-0.1, -0.05) is 29.8 Å². The number of benzene rings is 1. The highest BCUT2D eigenvalue weighted by Crippen LogP contribution is 2.35. The molecule has 0 amide bonds. The van der Waals surface area contributed by atoms with E-state index in [1.165, 1.54) is 6.07 Å². The molecule has 0 saturated carbocycles. The topological polar surface area (TPSA) is 39.2 Å². The Morgan fingerprint density at radius 2 is 2.00 bits per heavy atom. The number of rotatable bonds is 2. The summed E-state index contributed by atoms with van der Waals surface area (Å²) in [5.74, 6) is -1.04. The van der Waals surface area contributed by atoms with E-state index in [4.69, 9.17) is 16.3 Å². The first-order valence-corrected chi connectivity index (χ1v) is 7.12. The van der Waals surface area contributed by atoms with Gasteiger partial charge in [0.15, 0.2) is 10.2 Å². The molecule has 1 heterocycles. The zero-order chi connectivity index (χ0) is 14.9. The van der Waals surface area contributed by atoms with E-state index in [0.717, 1.165) is 11.3 Å². The Balaban J connectivity index is 2.46. The first kappa shape index (κ1) is 14.9. The second-order valence-electron chi connectivity index (χ2n) is 5.13. The van der Waals surface area contributed by atoms with Gasteiger partial charge in [0.05, 0.1) is 4.88 Å². The number of halogens is 2. The fourth-order valence-electron chi connectivity index (χ4n) is 1.59. The van der Waals surface area contributed by atoms with E-state index in [2.05, 4.69) is 4.98 Å². The zero-order valence-electron chi connectivity index (χ0n) is 11.2. The molecule has 1 aromatic heterocycles. The van der Waals surface area contributed by atoms with Crippen LogP contribution in [0.25, 0.3) is 10.4 Å². The van der Waals surface area contributed by atoms with Gasteiger partial charge in [0.2, 0.25) is 0 Å². The number of carbonyl (C=O) groups is 1. The van der Waals surface area contributed by atoms with Crippen LogP contribution in [-0.4, -0.2) is 16.6 Å². The van der Waals surface area contributed by atoms with Crippen molar-refractivity contribution in [2.45, 2.75) is 26.4 Å². The molecule has 0 aliphatic rings. The molecule has 6 heteroatoms. The number of esters is 1. The Kier molecular flexibility index (Phi) is 4.11. The molecular weight excluding hydrogens is 301 g/mol. The van der Waals surface area contributed by atoms with Crippen molar-refractivity contribution in [2.24, 2.45) is 0 Å². The van der Waals surface area contributed by atoms with Crippen molar-refractivity contribution in [3.63, 3.8) is 0 Å². The Labute approximate surface area is 125 Å². The maximum Gasteiger partial charge on any atom is 0.359 e. The average Bonchev–Trinajstić information content (AvgIpc) is 2.69. The van der Waals surface area contributed by atoms with Crippen LogP contribution >= 0.6 is 22.9 Å². The quantitative estimate of drug-likeness (QED) is 0.763. The standard InChI is InChI=1S/C14H13ClFNO2S/c1-14(2,3)19-12(18)10-11(20-13(15)17-10)8-6-4-5-7-9(8)16/h4-7H,1-3H3. The SMILES string of the molecule is CC(C)(C)OC(=O)c1nc(Cl)sc1-c1ccccc1F. The van der Waals surface area contributed by atoms with Gasteiger partial charge in [-0.05, 0) is 26.8 Å². The molecule has 20 heavy (non-hydrogen) atoms. The minimum Gasteiger partial charge on any atom is -0.455 e. The third-order valence-electron chi connectivity index (χ3n) is 2.31. The van der Waals surface area contributed by atoms with Crippen LogP contribution in [-0.2, 0) is 4.74 Å². The minimum atomic E-state index is -0.653. The highest BCUT2D eigenvalue weighted by Gasteiger charge is 2.25. The first-order valence-electron chi connectivity index (χ1n) is 5.92. The van der Waals surface area contributed by atoms with Gasteiger partial charge in [-0.3, -0.25) is 0 Å². The summed E-state index contributed by atoms with van der Waals surface area (Å²) in [5.41, 5.74) is -0.322. The summed E-state index contributed by atoms with van der Waals surface area (Å²) in [6.45, 7) is 5.25. The van der Waals surface area contributed by atoms with Gasteiger partial charge in [0.25, 0.3) is 0 Å². The predicted octanol–water partition coefficient (Wildman–Crippen LogP) is 4.56. The van der Waals surface area contributed by atoms with E-state index in [9.17, 15) is 9.18 Å². The molecule has 0 N–H and O–H groups in total. The molecule has 0 aliphatic heterocycles. The summed E-state index contributed by atoms with van der Waals surface area (Å²) in [6, 6.07) is 6.16. The van der Waals surface area contributed by atoms with Gasteiger partial charge < -0.3 is 4.74 Å². The van der Waals surface area contributed by atoms with E-state index in [-0.39, 0.29) is 15.7 Å². The minimum absolute atomic E-state index is 0.0417. The smallest absolute Gasteiger partial charge is 0.359 e. The number of ether oxygens (including phenoxy) is 1. The van der Waals surface area contributed by atoms with Crippen molar-refractivity contribution >= 4 is 28.9 Å². The maximum absolute atomic E-state index is 13.8. The molecule has 0 fully saturated rings. The lowest BCUT2D eigenvalue weighted by atomic mass is 10.1. The van der Waals surface area contributed by atoms with Crippen molar-refractivity contribution in [1.82, 2.24) is 4.98 Å². The maximum atomic E-state index is 13.8. The van der Waals surface area contributed by atoms with Gasteiger partial charge in [-0.25, -0.2) is 14.2 Å². The molecule has 0 radical (unpaired) electrons. The Morgan fingerprint density at radius 3 is 2.60 bits per heavy atom. The van der Waals surface area contributed by atoms with Crippen molar-refractivity contribution in [1.29, 1.82) is 0 Å². The fraction of sp³-hybridized carbons (Fsp3) is 0.286. The van der Waals surface area contributed by atoms with Gasteiger partial charge in [-0.2, -0.15) is 0 Å². The lowest BCUT2D eigenvalue weighted by Crippen LogP contribution is -2.24. The Bertz CT molecular complexity index is 649. The number of aromatic nitrogens is 1. The largest absolute Gasteiger partial charge is 0.455 e. The predicted molar refractivity (Wildman–Crippen MR) is 77.7 cm³/mol. The number of hydrogen-bond acceptors (Lipinski definition) is 4. The molecule has 0 saturated heterocycles. The molecule has 0 bridgehead atoms. The number of nitrogens with zero attached hydrogens (tertiary/aromatic N) is 1. The van der Waals surface area contributed by atoms with Gasteiger partial charge in [0, 0.05) is 5.56 Å². The summed E-state index contributed by atoms with van der Waals surface area (Å²) in [4.78, 5) is 16.5. The van der Waals surface area contributed by atoms with Crippen LogP contribution in [0.4, 0.5) is 4.39 Å². The van der Waals surface area contributed by atoms with Crippen LogP contribution in [0.15, 0.2) is 24.3 Å². The summed E-state index contributed by atoms with van der Waals surface area (Å²) in [6.07, 6.45) is 0. The average molecular weight is 314 g/mol. The highest BCUT2D eigenvalue weighted by molar-refractivity contribution is 7.19. The number of hydrogen-bond donors (Lipinski definition) is 0. The molecule has 0 atom stereocenters. The molecule has 0 unspecified atom stereocenters. The van der Waals surface area contributed by atoms with E-state index >= 15 is 0 Å². The lowest BCUT2D eigenvalue weighted by Gasteiger charge is -2.19. The highest BCUT2D eigenvalue weighted by atomic mass is 35.5. The molecule has 106 valence electrons. The summed E-state index contributed by atoms with van der Waals surface area (Å²) in [7, 11) is 0. The van der Waals surface area contributed by atoms with E-state index < -0.39 is 17.4 Å². The van der Waals surface area contributed by atoms with Crippen LogP contribution in [0.2, 0.25) is 4.47 Å². The van der Waals surface area contributed by atoms with Crippen molar-refractivity contribution in [3.05, 3.63) is 40.2 Å². The number of carbonyl (C=O) groups excluding carboxylic acids is 1. The van der Waals surface area contributed by atoms with Crippen LogP contribution in [0.1, 0.15) is 31.3 Å². The third kappa shape index (κ3) is 3.35. The molecule has 1 aromatic carbocycles. The molecule has 0 spiro atoms. The van der Waals surface area contributed by atoms with Crippen molar-refractivity contribution in [3.8, 4) is 10.4 Å². The van der Waals surface area contributed by atoms with Crippen molar-refractivity contribution < 1.29 is 13.9 Å². The monoisotopic (exact) mass is 313 g/mol. The first-order chi connectivity index (χ1) is 9.28. The number of thiazole rings is 1. The second-order valence-corrected chi connectivity index (χ2v) is 6.71. The van der Waals surface area contributed by atoms with E-state index in [1.807, 2.05) is 0 Å². The van der Waals surface area contributed by atoms with Crippen LogP contribution in [0.3, 0.4) is 0 Å². The van der Waals surface area contributed by atoms with Crippen molar-refractivity contribution in [2.75, 3.05) is 0 Å². The van der Waals surface area contributed by atoms with E-state index in [0.29, 0.717) is 4.88 Å². The molecule has 2 aromatic rings. The van der Waals surface area contributed by atoms with Gasteiger partial charge in [0.1, 0.15) is 11.4 Å². The van der Waals surface area contributed by atoms with Gasteiger partial charge >= 0.3 is 5.97 Å². The van der Waals surface area contributed by atoms with Gasteiger partial charge in [-0.15, -0.1) is 11.3 Å². The fourth-order valence-corrected chi connectivity index (χ4v) is 2.71. The van der Waals surface area contributed by atoms with Crippen LogP contribution in [0.5, 0.6) is 0 Å². The summed E-state index contributed by atoms with van der Waals surface area (Å²) < 4.78 is 19.3. The van der Waals surface area contributed by atoms with Crippen LogP contribution in [0, 0.1) is 5.82 Å². The summed E-state index contributed by atoms with van der Waals surface area (Å²) >= 11 is 6.91. The van der Waals surface area contributed by atoms with E-state index in [1.54, 1.807) is 39.0 Å². The second kappa shape index (κ2) is 5.50. The Hall–Kier alpha value is -1.46. The molecule has 2 rings (SSSR count). The molecule has 0 aliphatic carbocycles. The molecular formula is C14H13ClFNO2S. The zero-order valence-corrected chi connectivity index (χ0v) is 12.8. The lowest BCUT2D eigenvalue weighted by molar-refractivity contribution is 0.00646. The van der Waals surface area contributed by atoms with Crippen LogP contribution < -0.4 is 0 Å². The normalized spacial score (nSPS) is 11.4. The Morgan fingerprint density at radius 1 is 1.35 bits per heavy atom.